The zero-order chi connectivity index (χ0) is 14.9. The normalized spacial score (nSPS) is 24.6. The zero-order valence-electron chi connectivity index (χ0n) is 11.9. The summed E-state index contributed by atoms with van der Waals surface area (Å²) in [6, 6.07) is 4.59. The molecule has 112 valence electrons. The number of anilines is 1. The second-order valence-corrected chi connectivity index (χ2v) is 8.80. The van der Waals surface area contributed by atoms with E-state index in [-0.39, 0.29) is 4.90 Å². The largest absolute Gasteiger partial charge is 0.495 e. The number of nitrogens with two attached hydrogens (primary N) is 1. The summed E-state index contributed by atoms with van der Waals surface area (Å²) in [6.07, 6.45) is 0. The fourth-order valence-corrected chi connectivity index (χ4v) is 5.48. The van der Waals surface area contributed by atoms with Crippen LogP contribution >= 0.6 is 11.8 Å². The van der Waals surface area contributed by atoms with Gasteiger partial charge in [-0.05, 0) is 12.1 Å². The minimum absolute atomic E-state index is 0.231. The van der Waals surface area contributed by atoms with Crippen molar-refractivity contribution in [3.63, 3.8) is 0 Å². The van der Waals surface area contributed by atoms with E-state index in [2.05, 4.69) is 0 Å². The van der Waals surface area contributed by atoms with E-state index in [9.17, 15) is 8.42 Å². The van der Waals surface area contributed by atoms with E-state index in [4.69, 9.17) is 10.5 Å². The molecule has 1 aromatic rings. The summed E-state index contributed by atoms with van der Waals surface area (Å²) in [6.45, 7) is 5.16. The molecule has 0 spiro atoms. The van der Waals surface area contributed by atoms with Gasteiger partial charge in [-0.25, -0.2) is 8.42 Å². The Morgan fingerprint density at radius 1 is 1.30 bits per heavy atom. The van der Waals surface area contributed by atoms with Gasteiger partial charge in [-0.3, -0.25) is 0 Å². The van der Waals surface area contributed by atoms with Crippen molar-refractivity contribution in [1.82, 2.24) is 4.31 Å². The summed E-state index contributed by atoms with van der Waals surface area (Å²) < 4.78 is 32.0. The summed E-state index contributed by atoms with van der Waals surface area (Å²) in [7, 11) is -2.02. The molecule has 1 aromatic carbocycles. The lowest BCUT2D eigenvalue weighted by Crippen LogP contribution is -2.43. The average molecular weight is 316 g/mol. The lowest BCUT2D eigenvalue weighted by atomic mass is 10.3. The molecule has 1 fully saturated rings. The molecule has 1 aliphatic rings. The number of benzene rings is 1. The fraction of sp³-hybridized carbons (Fsp3) is 0.538. The number of ether oxygens (including phenoxy) is 1. The Morgan fingerprint density at radius 3 is 2.45 bits per heavy atom. The van der Waals surface area contributed by atoms with Crippen LogP contribution in [0, 0.1) is 0 Å². The van der Waals surface area contributed by atoms with Crippen LogP contribution in [0.5, 0.6) is 5.75 Å². The van der Waals surface area contributed by atoms with E-state index in [1.54, 1.807) is 10.4 Å². The SMILES string of the molecule is COc1cc(S(=O)(=O)N2CC(C)SC(C)C2)ccc1N. The van der Waals surface area contributed by atoms with Crippen LogP contribution < -0.4 is 10.5 Å². The minimum Gasteiger partial charge on any atom is -0.495 e. The van der Waals surface area contributed by atoms with Gasteiger partial charge in [0.1, 0.15) is 5.75 Å². The van der Waals surface area contributed by atoms with E-state index in [0.29, 0.717) is 35.0 Å². The van der Waals surface area contributed by atoms with Gasteiger partial charge < -0.3 is 10.5 Å². The summed E-state index contributed by atoms with van der Waals surface area (Å²) in [4.78, 5) is 0.231. The molecule has 0 aliphatic carbocycles. The van der Waals surface area contributed by atoms with Gasteiger partial charge in [0.25, 0.3) is 0 Å². The number of rotatable bonds is 3. The highest BCUT2D eigenvalue weighted by molar-refractivity contribution is 8.00. The first kappa shape index (κ1) is 15.5. The van der Waals surface area contributed by atoms with Crippen LogP contribution in [0.25, 0.3) is 0 Å². The topological polar surface area (TPSA) is 72.6 Å². The van der Waals surface area contributed by atoms with Crippen molar-refractivity contribution in [2.24, 2.45) is 0 Å². The van der Waals surface area contributed by atoms with Crippen molar-refractivity contribution in [3.8, 4) is 5.75 Å². The Balaban J connectivity index is 2.34. The highest BCUT2D eigenvalue weighted by Crippen LogP contribution is 2.31. The third-order valence-corrected chi connectivity index (χ3v) is 6.28. The summed E-state index contributed by atoms with van der Waals surface area (Å²) in [5.74, 6) is 0.388. The van der Waals surface area contributed by atoms with Gasteiger partial charge in [0, 0.05) is 29.7 Å². The smallest absolute Gasteiger partial charge is 0.243 e. The maximum atomic E-state index is 12.7. The molecule has 0 radical (unpaired) electrons. The van der Waals surface area contributed by atoms with Gasteiger partial charge >= 0.3 is 0 Å². The van der Waals surface area contributed by atoms with Crippen LogP contribution in [-0.2, 0) is 10.0 Å². The van der Waals surface area contributed by atoms with Crippen molar-refractivity contribution in [2.75, 3.05) is 25.9 Å². The van der Waals surface area contributed by atoms with Crippen LogP contribution in [0.1, 0.15) is 13.8 Å². The lowest BCUT2D eigenvalue weighted by Gasteiger charge is -2.33. The monoisotopic (exact) mass is 316 g/mol. The van der Waals surface area contributed by atoms with E-state index in [1.165, 1.54) is 19.2 Å². The Labute approximate surface area is 124 Å². The predicted octanol–water partition coefficient (Wildman–Crippen LogP) is 1.79. The highest BCUT2D eigenvalue weighted by atomic mass is 32.2. The van der Waals surface area contributed by atoms with Crippen molar-refractivity contribution < 1.29 is 13.2 Å². The number of methoxy groups -OCH3 is 1. The number of sulfonamides is 1. The molecule has 0 saturated carbocycles. The third-order valence-electron chi connectivity index (χ3n) is 3.23. The van der Waals surface area contributed by atoms with E-state index >= 15 is 0 Å². The van der Waals surface area contributed by atoms with E-state index < -0.39 is 10.0 Å². The number of thioether (sulfide) groups is 1. The van der Waals surface area contributed by atoms with E-state index in [1.807, 2.05) is 25.6 Å². The van der Waals surface area contributed by atoms with Crippen LogP contribution in [0.15, 0.2) is 23.1 Å². The van der Waals surface area contributed by atoms with Crippen molar-refractivity contribution in [1.29, 1.82) is 0 Å². The molecule has 5 nitrogen and oxygen atoms in total. The Bertz CT molecular complexity index is 579. The fourth-order valence-electron chi connectivity index (χ4n) is 2.33. The van der Waals surface area contributed by atoms with Crippen molar-refractivity contribution in [3.05, 3.63) is 18.2 Å². The summed E-state index contributed by atoms with van der Waals surface area (Å²) in [5, 5.41) is 0.591. The molecule has 2 atom stereocenters. The lowest BCUT2D eigenvalue weighted by molar-refractivity contribution is 0.401. The molecule has 1 aliphatic heterocycles. The molecule has 20 heavy (non-hydrogen) atoms. The summed E-state index contributed by atoms with van der Waals surface area (Å²) in [5.41, 5.74) is 6.16. The van der Waals surface area contributed by atoms with Gasteiger partial charge in [-0.1, -0.05) is 13.8 Å². The first-order valence-electron chi connectivity index (χ1n) is 6.43. The molecule has 1 heterocycles. The molecule has 0 bridgehead atoms. The molecule has 2 unspecified atom stereocenters. The second kappa shape index (κ2) is 5.83. The average Bonchev–Trinajstić information content (AvgIpc) is 2.37. The van der Waals surface area contributed by atoms with E-state index in [0.717, 1.165) is 0 Å². The minimum atomic E-state index is -3.49. The molecule has 2 N–H and O–H groups in total. The molecule has 1 saturated heterocycles. The number of hydrogen-bond acceptors (Lipinski definition) is 5. The Hall–Kier alpha value is -0.920. The number of nitrogens with zero attached hydrogens (tertiary/aromatic N) is 1. The maximum absolute atomic E-state index is 12.7. The van der Waals surface area contributed by atoms with Crippen LogP contribution in [0.3, 0.4) is 0 Å². The zero-order valence-corrected chi connectivity index (χ0v) is 13.5. The molecule has 7 heteroatoms. The van der Waals surface area contributed by atoms with Gasteiger partial charge in [-0.15, -0.1) is 0 Å². The molecule has 0 aromatic heterocycles. The molecular weight excluding hydrogens is 296 g/mol. The molecule has 2 rings (SSSR count). The maximum Gasteiger partial charge on any atom is 0.243 e. The number of hydrogen-bond donors (Lipinski definition) is 1. The van der Waals surface area contributed by atoms with Gasteiger partial charge in [-0.2, -0.15) is 16.1 Å². The molecular formula is C13H20N2O3S2. The quantitative estimate of drug-likeness (QED) is 0.861. The standard InChI is InChI=1S/C13H20N2O3S2/c1-9-7-15(8-10(2)19-9)20(16,17)11-4-5-12(14)13(6-11)18-3/h4-6,9-10H,7-8,14H2,1-3H3. The Morgan fingerprint density at radius 2 is 1.90 bits per heavy atom. The van der Waals surface area contributed by atoms with Crippen LogP contribution in [0.2, 0.25) is 0 Å². The first-order chi connectivity index (χ1) is 9.34. The Kier molecular flexibility index (Phi) is 4.51. The van der Waals surface area contributed by atoms with Gasteiger partial charge in [0.15, 0.2) is 0 Å². The predicted molar refractivity (Wildman–Crippen MR) is 82.7 cm³/mol. The second-order valence-electron chi connectivity index (χ2n) is 4.98. The highest BCUT2D eigenvalue weighted by Gasteiger charge is 2.32. The van der Waals surface area contributed by atoms with Crippen molar-refractivity contribution >= 4 is 27.5 Å². The summed E-state index contributed by atoms with van der Waals surface area (Å²) >= 11 is 1.82. The van der Waals surface area contributed by atoms with Gasteiger partial charge in [0.05, 0.1) is 17.7 Å². The molecule has 0 amide bonds. The van der Waals surface area contributed by atoms with Crippen LogP contribution in [-0.4, -0.2) is 43.4 Å². The van der Waals surface area contributed by atoms with Crippen molar-refractivity contribution in [2.45, 2.75) is 29.2 Å². The number of nitrogen functional groups attached to an aromatic ring is 1. The third kappa shape index (κ3) is 3.05. The van der Waals surface area contributed by atoms with Gasteiger partial charge in [0.2, 0.25) is 10.0 Å². The first-order valence-corrected chi connectivity index (χ1v) is 8.82. The van der Waals surface area contributed by atoms with Crippen LogP contribution in [0.4, 0.5) is 5.69 Å².